The summed E-state index contributed by atoms with van der Waals surface area (Å²) in [6.45, 7) is 2.13. The van der Waals surface area contributed by atoms with Gasteiger partial charge in [0.1, 0.15) is 5.60 Å². The fourth-order valence-corrected chi connectivity index (χ4v) is 4.72. The Bertz CT molecular complexity index is 519. The molecule has 1 fully saturated rings. The van der Waals surface area contributed by atoms with Crippen molar-refractivity contribution >= 4 is 33.2 Å². The molecule has 2 atom stereocenters. The van der Waals surface area contributed by atoms with Crippen molar-refractivity contribution < 1.29 is 5.11 Å². The lowest BCUT2D eigenvalue weighted by atomic mass is 9.88. The molecular weight excluding hydrogens is 236 g/mol. The van der Waals surface area contributed by atoms with E-state index < -0.39 is 5.60 Å². The molecule has 2 heterocycles. The first-order valence-electron chi connectivity index (χ1n) is 5.52. The highest BCUT2D eigenvalue weighted by Crippen LogP contribution is 2.45. The van der Waals surface area contributed by atoms with Crippen molar-refractivity contribution in [1.29, 1.82) is 0 Å². The van der Waals surface area contributed by atoms with Crippen molar-refractivity contribution in [1.82, 2.24) is 0 Å². The SMILES string of the molecule is CC1SCCC1(O)c1cccc2ccsc12. The Morgan fingerprint density at radius 1 is 1.38 bits per heavy atom. The van der Waals surface area contributed by atoms with E-state index in [1.165, 1.54) is 10.1 Å². The van der Waals surface area contributed by atoms with Crippen LogP contribution in [0.25, 0.3) is 10.1 Å². The van der Waals surface area contributed by atoms with E-state index in [9.17, 15) is 5.11 Å². The molecule has 3 heteroatoms. The molecule has 1 aliphatic rings. The maximum absolute atomic E-state index is 10.8. The summed E-state index contributed by atoms with van der Waals surface area (Å²) in [6, 6.07) is 8.38. The van der Waals surface area contributed by atoms with Gasteiger partial charge in [0.15, 0.2) is 0 Å². The van der Waals surface area contributed by atoms with Gasteiger partial charge in [0.05, 0.1) is 0 Å². The number of hydrogen-bond acceptors (Lipinski definition) is 3. The Balaban J connectivity index is 2.21. The molecule has 3 rings (SSSR count). The Kier molecular flexibility index (Phi) is 2.50. The molecule has 1 aliphatic heterocycles. The average Bonchev–Trinajstić information content (AvgIpc) is 2.86. The van der Waals surface area contributed by atoms with E-state index in [0.717, 1.165) is 17.7 Å². The summed E-state index contributed by atoms with van der Waals surface area (Å²) >= 11 is 3.60. The molecular formula is C13H14OS2. The van der Waals surface area contributed by atoms with Crippen LogP contribution in [0, 0.1) is 0 Å². The molecule has 0 spiro atoms. The van der Waals surface area contributed by atoms with E-state index in [0.29, 0.717) is 5.25 Å². The number of benzene rings is 1. The number of fused-ring (bicyclic) bond motifs is 1. The molecule has 2 unspecified atom stereocenters. The third-order valence-electron chi connectivity index (χ3n) is 3.47. The van der Waals surface area contributed by atoms with Crippen LogP contribution in [0.15, 0.2) is 29.6 Å². The van der Waals surface area contributed by atoms with Gasteiger partial charge in [-0.15, -0.1) is 11.3 Å². The Labute approximate surface area is 103 Å². The number of rotatable bonds is 1. The summed E-state index contributed by atoms with van der Waals surface area (Å²) in [7, 11) is 0. The second-order valence-electron chi connectivity index (χ2n) is 4.33. The molecule has 1 nitrogen and oxygen atoms in total. The predicted octanol–water partition coefficient (Wildman–Crippen LogP) is 3.61. The van der Waals surface area contributed by atoms with Gasteiger partial charge in [-0.1, -0.05) is 25.1 Å². The first-order chi connectivity index (χ1) is 7.72. The molecule has 16 heavy (non-hydrogen) atoms. The van der Waals surface area contributed by atoms with Gasteiger partial charge in [0, 0.05) is 15.5 Å². The van der Waals surface area contributed by atoms with Crippen molar-refractivity contribution in [2.45, 2.75) is 24.2 Å². The van der Waals surface area contributed by atoms with Gasteiger partial charge in [0.2, 0.25) is 0 Å². The van der Waals surface area contributed by atoms with Crippen LogP contribution >= 0.6 is 23.1 Å². The molecule has 1 aromatic carbocycles. The van der Waals surface area contributed by atoms with Gasteiger partial charge >= 0.3 is 0 Å². The van der Waals surface area contributed by atoms with E-state index in [4.69, 9.17) is 0 Å². The second-order valence-corrected chi connectivity index (χ2v) is 6.70. The second kappa shape index (κ2) is 3.76. The highest BCUT2D eigenvalue weighted by Gasteiger charge is 2.41. The zero-order valence-electron chi connectivity index (χ0n) is 9.14. The molecule has 1 aromatic heterocycles. The van der Waals surface area contributed by atoms with Crippen LogP contribution in [0.2, 0.25) is 0 Å². The minimum Gasteiger partial charge on any atom is -0.384 e. The number of aliphatic hydroxyl groups is 1. The molecule has 0 radical (unpaired) electrons. The van der Waals surface area contributed by atoms with Crippen molar-refractivity contribution in [3.05, 3.63) is 35.2 Å². The maximum atomic E-state index is 10.8. The molecule has 0 bridgehead atoms. The van der Waals surface area contributed by atoms with Crippen molar-refractivity contribution in [2.75, 3.05) is 5.75 Å². The van der Waals surface area contributed by atoms with Crippen LogP contribution in [-0.4, -0.2) is 16.1 Å². The molecule has 1 N–H and O–H groups in total. The average molecular weight is 250 g/mol. The molecule has 0 amide bonds. The quantitative estimate of drug-likeness (QED) is 0.834. The number of thioether (sulfide) groups is 1. The fraction of sp³-hybridized carbons (Fsp3) is 0.385. The Hall–Kier alpha value is -0.510. The van der Waals surface area contributed by atoms with E-state index >= 15 is 0 Å². The lowest BCUT2D eigenvalue weighted by molar-refractivity contribution is 0.0444. The Morgan fingerprint density at radius 3 is 3.00 bits per heavy atom. The van der Waals surface area contributed by atoms with Gasteiger partial charge in [-0.2, -0.15) is 11.8 Å². The summed E-state index contributed by atoms with van der Waals surface area (Å²) in [6.07, 6.45) is 0.871. The van der Waals surface area contributed by atoms with Gasteiger partial charge < -0.3 is 5.11 Å². The summed E-state index contributed by atoms with van der Waals surface area (Å²) in [5, 5.41) is 14.5. The van der Waals surface area contributed by atoms with Crippen molar-refractivity contribution in [2.24, 2.45) is 0 Å². The normalized spacial score (nSPS) is 30.0. The lowest BCUT2D eigenvalue weighted by Crippen LogP contribution is -2.31. The van der Waals surface area contributed by atoms with E-state index in [-0.39, 0.29) is 0 Å². The standard InChI is InChI=1S/C13H14OS2/c1-9-13(14,6-8-15-9)11-4-2-3-10-5-7-16-12(10)11/h2-5,7,9,14H,6,8H2,1H3. The van der Waals surface area contributed by atoms with Gasteiger partial charge in [-0.25, -0.2) is 0 Å². The summed E-state index contributed by atoms with van der Waals surface area (Å²) < 4.78 is 1.25. The first-order valence-corrected chi connectivity index (χ1v) is 7.45. The monoisotopic (exact) mass is 250 g/mol. The van der Waals surface area contributed by atoms with E-state index in [2.05, 4.69) is 36.6 Å². The third-order valence-corrected chi connectivity index (χ3v) is 5.76. The minimum absolute atomic E-state index is 0.292. The van der Waals surface area contributed by atoms with Gasteiger partial charge in [-0.05, 0) is 29.0 Å². The smallest absolute Gasteiger partial charge is 0.103 e. The topological polar surface area (TPSA) is 20.2 Å². The number of hydrogen-bond donors (Lipinski definition) is 1. The lowest BCUT2D eigenvalue weighted by Gasteiger charge is -2.27. The zero-order chi connectivity index (χ0) is 11.2. The summed E-state index contributed by atoms with van der Waals surface area (Å²) in [5.41, 5.74) is 0.493. The molecule has 84 valence electrons. The number of thiophene rings is 1. The van der Waals surface area contributed by atoms with Crippen LogP contribution in [0.5, 0.6) is 0 Å². The Morgan fingerprint density at radius 2 is 2.25 bits per heavy atom. The molecule has 0 saturated carbocycles. The van der Waals surface area contributed by atoms with Gasteiger partial charge in [0.25, 0.3) is 0 Å². The minimum atomic E-state index is -0.630. The maximum Gasteiger partial charge on any atom is 0.103 e. The fourth-order valence-electron chi connectivity index (χ4n) is 2.42. The zero-order valence-corrected chi connectivity index (χ0v) is 10.8. The van der Waals surface area contributed by atoms with Crippen LogP contribution in [0.3, 0.4) is 0 Å². The molecule has 1 saturated heterocycles. The third kappa shape index (κ3) is 1.42. The van der Waals surface area contributed by atoms with Crippen LogP contribution in [0.1, 0.15) is 18.9 Å². The predicted molar refractivity (Wildman–Crippen MR) is 72.3 cm³/mol. The highest BCUT2D eigenvalue weighted by atomic mass is 32.2. The first kappa shape index (κ1) is 10.6. The largest absolute Gasteiger partial charge is 0.384 e. The van der Waals surface area contributed by atoms with Gasteiger partial charge in [-0.3, -0.25) is 0 Å². The molecule has 0 aliphatic carbocycles. The summed E-state index contributed by atoms with van der Waals surface area (Å²) in [4.78, 5) is 0. The van der Waals surface area contributed by atoms with Crippen LogP contribution < -0.4 is 0 Å². The van der Waals surface area contributed by atoms with Crippen LogP contribution in [0.4, 0.5) is 0 Å². The van der Waals surface area contributed by atoms with Crippen LogP contribution in [-0.2, 0) is 5.60 Å². The van der Waals surface area contributed by atoms with E-state index in [1.807, 2.05) is 11.8 Å². The van der Waals surface area contributed by atoms with E-state index in [1.54, 1.807) is 11.3 Å². The van der Waals surface area contributed by atoms with Crippen molar-refractivity contribution in [3.63, 3.8) is 0 Å². The summed E-state index contributed by atoms with van der Waals surface area (Å²) in [5.74, 6) is 1.05. The molecule has 2 aromatic rings. The van der Waals surface area contributed by atoms with Crippen molar-refractivity contribution in [3.8, 4) is 0 Å². The highest BCUT2D eigenvalue weighted by molar-refractivity contribution is 8.00.